The maximum absolute atomic E-state index is 13.6. The third-order valence-electron chi connectivity index (χ3n) is 6.62. The van der Waals surface area contributed by atoms with Crippen molar-refractivity contribution in [3.8, 4) is 5.75 Å². The number of carbonyl (C=O) groups is 3. The van der Waals surface area contributed by atoms with Gasteiger partial charge in [0.2, 0.25) is 5.78 Å². The molecule has 4 rings (SSSR count). The van der Waals surface area contributed by atoms with Crippen LogP contribution >= 0.6 is 45.2 Å². The molecule has 9 nitrogen and oxygen atoms in total. The predicted molar refractivity (Wildman–Crippen MR) is 130 cm³/mol. The SMILES string of the molecule is CN(C)[C@@H]1C(=O)C(C(N)=O)=C(O)[C@@]2(O)C(=O)C3=C(O)c4c(O)c(I)cc(I)c4C[C@H]3CC12. The van der Waals surface area contributed by atoms with Crippen LogP contribution in [-0.4, -0.2) is 68.5 Å². The number of aromatic hydroxyl groups is 1. The Labute approximate surface area is 210 Å². The van der Waals surface area contributed by atoms with E-state index in [1.165, 1.54) is 4.90 Å². The number of ketones is 2. The number of aliphatic hydroxyl groups excluding tert-OH is 2. The van der Waals surface area contributed by atoms with Crippen molar-refractivity contribution in [2.45, 2.75) is 24.5 Å². The van der Waals surface area contributed by atoms with Crippen LogP contribution in [0.15, 0.2) is 23.0 Å². The van der Waals surface area contributed by atoms with Crippen LogP contribution in [0.3, 0.4) is 0 Å². The molecule has 6 N–H and O–H groups in total. The van der Waals surface area contributed by atoms with Crippen LogP contribution in [0.1, 0.15) is 17.5 Å². The molecule has 1 aromatic rings. The van der Waals surface area contributed by atoms with Crippen molar-refractivity contribution in [2.24, 2.45) is 17.6 Å². The third-order valence-corrected chi connectivity index (χ3v) is 8.40. The number of primary amides is 1. The maximum atomic E-state index is 13.6. The molecule has 1 aromatic carbocycles. The molecule has 1 fully saturated rings. The molecule has 1 saturated carbocycles. The zero-order valence-corrected chi connectivity index (χ0v) is 21.3. The van der Waals surface area contributed by atoms with Gasteiger partial charge in [0.1, 0.15) is 22.8 Å². The van der Waals surface area contributed by atoms with Crippen LogP contribution < -0.4 is 5.73 Å². The van der Waals surface area contributed by atoms with Crippen molar-refractivity contribution in [3.05, 3.63) is 41.2 Å². The number of phenolic OH excluding ortho intramolecular Hbond substituents is 1. The standard InChI is InChI=1S/C21H20I2N2O7/c1-25(2)14-8-4-6-3-7-9(22)5-10(23)15(26)12(7)16(27)11(6)18(29)21(8,32)19(30)13(17(14)28)20(24)31/h5-6,8,14,26-27,30,32H,3-4H2,1-2H3,(H2,24,31)/t6-,8?,14-,21-/m0/s1. The number of halogens is 2. The van der Waals surface area contributed by atoms with Crippen molar-refractivity contribution < 1.29 is 34.8 Å². The Balaban J connectivity index is 2.00. The number of rotatable bonds is 2. The molecule has 0 spiro atoms. The molecule has 0 aromatic heterocycles. The summed E-state index contributed by atoms with van der Waals surface area (Å²) >= 11 is 4.00. The van der Waals surface area contributed by atoms with Gasteiger partial charge < -0.3 is 26.2 Å². The highest BCUT2D eigenvalue weighted by Crippen LogP contribution is 2.53. The minimum Gasteiger partial charge on any atom is -0.508 e. The normalized spacial score (nSPS) is 29.8. The number of carbonyl (C=O) groups excluding carboxylic acids is 3. The van der Waals surface area contributed by atoms with Gasteiger partial charge in [0.15, 0.2) is 11.4 Å². The minimum atomic E-state index is -2.62. The molecule has 3 aliphatic rings. The lowest BCUT2D eigenvalue weighted by Crippen LogP contribution is -2.65. The summed E-state index contributed by atoms with van der Waals surface area (Å²) < 4.78 is 1.27. The molecule has 0 bridgehead atoms. The zero-order valence-electron chi connectivity index (χ0n) is 17.0. The van der Waals surface area contributed by atoms with E-state index in [2.05, 4.69) is 22.6 Å². The molecular formula is C21H20I2N2O7. The van der Waals surface area contributed by atoms with E-state index in [0.29, 0.717) is 9.13 Å². The highest BCUT2D eigenvalue weighted by atomic mass is 127. The minimum absolute atomic E-state index is 0.0780. The van der Waals surface area contributed by atoms with Crippen molar-refractivity contribution in [3.63, 3.8) is 0 Å². The molecule has 0 radical (unpaired) electrons. The molecule has 0 heterocycles. The summed E-state index contributed by atoms with van der Waals surface area (Å²) in [6, 6.07) is 0.672. The van der Waals surface area contributed by atoms with E-state index in [4.69, 9.17) is 5.73 Å². The van der Waals surface area contributed by atoms with Crippen LogP contribution in [0.4, 0.5) is 0 Å². The monoisotopic (exact) mass is 666 g/mol. The summed E-state index contributed by atoms with van der Waals surface area (Å²) in [5.41, 5.74) is 2.48. The number of Topliss-reactive ketones (excluding diaryl/α,β-unsaturated/α-hetero) is 2. The fraction of sp³-hybridized carbons (Fsp3) is 0.381. The Morgan fingerprint density at radius 3 is 2.38 bits per heavy atom. The Hall–Kier alpha value is -1.71. The first-order valence-corrected chi connectivity index (χ1v) is 11.8. The smallest absolute Gasteiger partial charge is 0.255 e. The van der Waals surface area contributed by atoms with E-state index in [0.717, 1.165) is 3.57 Å². The van der Waals surface area contributed by atoms with Gasteiger partial charge in [-0.15, -0.1) is 0 Å². The van der Waals surface area contributed by atoms with Crippen LogP contribution in [0.25, 0.3) is 5.76 Å². The summed E-state index contributed by atoms with van der Waals surface area (Å²) in [7, 11) is 3.13. The number of benzene rings is 1. The van der Waals surface area contributed by atoms with Gasteiger partial charge in [-0.1, -0.05) is 0 Å². The summed E-state index contributed by atoms with van der Waals surface area (Å²) in [5, 5.41) is 43.9. The summed E-state index contributed by atoms with van der Waals surface area (Å²) in [6.45, 7) is 0. The number of nitrogens with zero attached hydrogens (tertiary/aromatic N) is 1. The second kappa shape index (κ2) is 7.67. The average molecular weight is 666 g/mol. The van der Waals surface area contributed by atoms with Crippen molar-refractivity contribution >= 4 is 68.4 Å². The van der Waals surface area contributed by atoms with Gasteiger partial charge in [0.05, 0.1) is 15.2 Å². The fourth-order valence-corrected chi connectivity index (χ4v) is 7.21. The van der Waals surface area contributed by atoms with Gasteiger partial charge in [-0.25, -0.2) is 0 Å². The fourth-order valence-electron chi connectivity index (χ4n) is 5.24. The highest BCUT2D eigenvalue weighted by Gasteiger charge is 2.64. The van der Waals surface area contributed by atoms with Crippen molar-refractivity contribution in [1.82, 2.24) is 4.90 Å². The molecular weight excluding hydrogens is 646 g/mol. The molecule has 1 amide bonds. The van der Waals surface area contributed by atoms with E-state index in [1.807, 2.05) is 22.6 Å². The lowest BCUT2D eigenvalue weighted by molar-refractivity contribution is -0.153. The van der Waals surface area contributed by atoms with Crippen LogP contribution in [0.5, 0.6) is 5.75 Å². The Bertz CT molecular complexity index is 1170. The van der Waals surface area contributed by atoms with E-state index in [1.54, 1.807) is 20.2 Å². The number of amides is 1. The van der Waals surface area contributed by atoms with Crippen molar-refractivity contribution in [1.29, 1.82) is 0 Å². The van der Waals surface area contributed by atoms with Gasteiger partial charge >= 0.3 is 0 Å². The first-order valence-electron chi connectivity index (χ1n) is 9.68. The average Bonchev–Trinajstić information content (AvgIpc) is 2.68. The number of fused-ring (bicyclic) bond motifs is 3. The lowest BCUT2D eigenvalue weighted by Gasteiger charge is -2.50. The number of hydrogen-bond acceptors (Lipinski definition) is 8. The van der Waals surface area contributed by atoms with E-state index < -0.39 is 58.0 Å². The molecule has 4 atom stereocenters. The van der Waals surface area contributed by atoms with Gasteiger partial charge in [-0.3, -0.25) is 19.3 Å². The second-order valence-corrected chi connectivity index (χ2v) is 10.8. The molecule has 3 aliphatic carbocycles. The number of nitrogens with two attached hydrogens (primary N) is 1. The first-order chi connectivity index (χ1) is 14.8. The van der Waals surface area contributed by atoms with E-state index >= 15 is 0 Å². The third kappa shape index (κ3) is 2.97. The maximum Gasteiger partial charge on any atom is 0.255 e. The number of likely N-dealkylation sites (N-methyl/N-ethyl adjacent to an activating group) is 1. The summed E-state index contributed by atoms with van der Waals surface area (Å²) in [6.07, 6.45) is 0.367. The van der Waals surface area contributed by atoms with E-state index in [-0.39, 0.29) is 29.7 Å². The van der Waals surface area contributed by atoms with Gasteiger partial charge in [-0.05, 0) is 89.7 Å². The summed E-state index contributed by atoms with van der Waals surface area (Å²) in [5.74, 6) is -6.42. The topological polar surface area (TPSA) is 161 Å². The molecule has 0 saturated heterocycles. The predicted octanol–water partition coefficient (Wildman–Crippen LogP) is 1.17. The molecule has 0 aliphatic heterocycles. The van der Waals surface area contributed by atoms with Crippen molar-refractivity contribution in [2.75, 3.05) is 14.1 Å². The summed E-state index contributed by atoms with van der Waals surface area (Å²) in [4.78, 5) is 40.1. The van der Waals surface area contributed by atoms with Gasteiger partial charge in [-0.2, -0.15) is 0 Å². The Kier molecular flexibility index (Phi) is 5.62. The number of aliphatic hydroxyl groups is 3. The zero-order chi connectivity index (χ0) is 23.9. The Morgan fingerprint density at radius 1 is 1.19 bits per heavy atom. The molecule has 1 unspecified atom stereocenters. The van der Waals surface area contributed by atoms with Crippen LogP contribution in [0, 0.1) is 19.0 Å². The Morgan fingerprint density at radius 2 is 1.81 bits per heavy atom. The molecule has 32 heavy (non-hydrogen) atoms. The first kappa shape index (κ1) is 23.4. The second-order valence-electron chi connectivity index (χ2n) is 8.50. The highest BCUT2D eigenvalue weighted by molar-refractivity contribution is 14.1. The molecule has 170 valence electrons. The van der Waals surface area contributed by atoms with Gasteiger partial charge in [0.25, 0.3) is 5.91 Å². The van der Waals surface area contributed by atoms with Crippen LogP contribution in [-0.2, 0) is 20.8 Å². The molecule has 11 heteroatoms. The van der Waals surface area contributed by atoms with E-state index in [9.17, 15) is 34.8 Å². The number of hydrogen-bond donors (Lipinski definition) is 5. The van der Waals surface area contributed by atoms with Gasteiger partial charge in [0, 0.05) is 15.1 Å². The quantitative estimate of drug-likeness (QED) is 0.233. The number of phenols is 1. The largest absolute Gasteiger partial charge is 0.508 e. The van der Waals surface area contributed by atoms with Crippen LogP contribution in [0.2, 0.25) is 0 Å². The lowest BCUT2D eigenvalue weighted by atomic mass is 9.57.